The van der Waals surface area contributed by atoms with Gasteiger partial charge in [0.2, 0.25) is 6.79 Å². The Kier molecular flexibility index (Phi) is 7.86. The highest BCUT2D eigenvalue weighted by Crippen LogP contribution is 2.38. The fourth-order valence-corrected chi connectivity index (χ4v) is 4.54. The number of hydrogen-bond acceptors (Lipinski definition) is 10. The monoisotopic (exact) mass is 575 g/mol. The van der Waals surface area contributed by atoms with Crippen LogP contribution in [0.3, 0.4) is 0 Å². The van der Waals surface area contributed by atoms with E-state index in [1.807, 2.05) is 0 Å². The smallest absolute Gasteiger partial charge is 0.325 e. The minimum absolute atomic E-state index is 0.0737. The van der Waals surface area contributed by atoms with Gasteiger partial charge < -0.3 is 30.0 Å². The van der Waals surface area contributed by atoms with E-state index in [0.717, 1.165) is 0 Å². The zero-order valence-electron chi connectivity index (χ0n) is 22.2. The normalized spacial score (nSPS) is 12.5. The zero-order valence-corrected chi connectivity index (χ0v) is 22.2. The molecule has 3 heterocycles. The minimum Gasteiger partial charge on any atom is -0.481 e. The molecule has 1 unspecified atom stereocenters. The molecule has 5 rings (SSSR count). The molecule has 0 radical (unpaired) electrons. The Balaban J connectivity index is 1.55. The number of non-ortho nitro benzene ring substituents is 1. The predicted octanol–water partition coefficient (Wildman–Crippen LogP) is 3.56. The lowest BCUT2D eigenvalue weighted by molar-refractivity contribution is -0.384. The molecule has 42 heavy (non-hydrogen) atoms. The zero-order chi connectivity index (χ0) is 29.8. The Morgan fingerprint density at radius 2 is 1.95 bits per heavy atom. The third-order valence-electron chi connectivity index (χ3n) is 6.41. The molecule has 2 aromatic carbocycles. The number of ether oxygens (including phenoxy) is 3. The van der Waals surface area contributed by atoms with E-state index in [4.69, 9.17) is 19.2 Å². The van der Waals surface area contributed by atoms with Gasteiger partial charge in [-0.05, 0) is 42.8 Å². The molecular formula is C28H25N5O9. The number of nitro groups is 1. The van der Waals surface area contributed by atoms with Crippen LogP contribution in [-0.2, 0) is 14.3 Å². The van der Waals surface area contributed by atoms with Crippen molar-refractivity contribution in [1.82, 2.24) is 14.7 Å². The van der Waals surface area contributed by atoms with Gasteiger partial charge in [-0.3, -0.25) is 28.9 Å². The van der Waals surface area contributed by atoms with Gasteiger partial charge in [-0.1, -0.05) is 12.1 Å². The molecule has 0 spiro atoms. The molecule has 1 aliphatic rings. The average molecular weight is 576 g/mol. The van der Waals surface area contributed by atoms with Gasteiger partial charge in [0, 0.05) is 23.9 Å². The van der Waals surface area contributed by atoms with Crippen LogP contribution in [0.2, 0.25) is 0 Å². The van der Waals surface area contributed by atoms with Gasteiger partial charge in [0.25, 0.3) is 11.6 Å². The summed E-state index contributed by atoms with van der Waals surface area (Å²) in [5.41, 5.74) is 1.34. The van der Waals surface area contributed by atoms with Gasteiger partial charge in [-0.25, -0.2) is 4.98 Å². The second kappa shape index (κ2) is 11.8. The van der Waals surface area contributed by atoms with E-state index in [9.17, 15) is 29.6 Å². The maximum Gasteiger partial charge on any atom is 0.325 e. The van der Waals surface area contributed by atoms with Crippen molar-refractivity contribution in [2.75, 3.05) is 25.3 Å². The third-order valence-corrected chi connectivity index (χ3v) is 6.41. The number of nitrogens with one attached hydrogen (secondary N) is 2. The molecule has 1 atom stereocenters. The maximum absolute atomic E-state index is 13.6. The van der Waals surface area contributed by atoms with Crippen LogP contribution >= 0.6 is 0 Å². The van der Waals surface area contributed by atoms with Crippen LogP contribution in [0, 0.1) is 10.1 Å². The first-order valence-electron chi connectivity index (χ1n) is 12.8. The van der Waals surface area contributed by atoms with E-state index in [1.54, 1.807) is 41.8 Å². The summed E-state index contributed by atoms with van der Waals surface area (Å²) in [6.45, 7) is 1.79. The number of esters is 1. The summed E-state index contributed by atoms with van der Waals surface area (Å²) >= 11 is 0. The molecular weight excluding hydrogens is 550 g/mol. The second-order valence-corrected chi connectivity index (χ2v) is 9.13. The summed E-state index contributed by atoms with van der Waals surface area (Å²) < 4.78 is 17.5. The maximum atomic E-state index is 13.6. The lowest BCUT2D eigenvalue weighted by Gasteiger charge is -2.17. The van der Waals surface area contributed by atoms with Crippen LogP contribution in [0.5, 0.6) is 11.5 Å². The van der Waals surface area contributed by atoms with Gasteiger partial charge >= 0.3 is 11.9 Å². The van der Waals surface area contributed by atoms with Gasteiger partial charge in [-0.2, -0.15) is 0 Å². The standard InChI is InChI=1S/C28H25N5O9/c1-2-40-24(36)14-29-27-25(17-8-9-21-22(12-17)42-15-41-21)31-26-19(7-4-10-32(26)27)28(37)30-20(13-23(34)35)16-5-3-6-18(11-16)33(38)39/h3-12,20,29H,2,13-15H2,1H3,(H,30,37)(H,34,35). The van der Waals surface area contributed by atoms with E-state index in [-0.39, 0.29) is 42.4 Å². The number of carboxylic acid groups (broad SMARTS) is 1. The van der Waals surface area contributed by atoms with E-state index in [1.165, 1.54) is 30.3 Å². The van der Waals surface area contributed by atoms with E-state index in [0.29, 0.717) is 28.6 Å². The molecule has 216 valence electrons. The lowest BCUT2D eigenvalue weighted by Crippen LogP contribution is -2.30. The van der Waals surface area contributed by atoms with Crippen molar-refractivity contribution in [3.8, 4) is 22.8 Å². The first kappa shape index (κ1) is 27.9. The summed E-state index contributed by atoms with van der Waals surface area (Å²) in [5.74, 6) is -0.890. The van der Waals surface area contributed by atoms with Crippen molar-refractivity contribution in [2.24, 2.45) is 0 Å². The average Bonchev–Trinajstić information content (AvgIpc) is 3.59. The Bertz CT molecular complexity index is 1700. The SMILES string of the molecule is CCOC(=O)CNc1c(-c2ccc3c(c2)OCO3)nc2c(C(=O)NC(CC(=O)O)c3cccc([N+](=O)[O-])c3)cccn12. The highest BCUT2D eigenvalue weighted by atomic mass is 16.7. The number of anilines is 1. The minimum atomic E-state index is -1.21. The number of fused-ring (bicyclic) bond motifs is 2. The van der Waals surface area contributed by atoms with Gasteiger partial charge in [0.15, 0.2) is 17.1 Å². The molecule has 4 aromatic rings. The number of aromatic nitrogens is 2. The fourth-order valence-electron chi connectivity index (χ4n) is 4.54. The number of aliphatic carboxylic acids is 1. The summed E-state index contributed by atoms with van der Waals surface area (Å²) in [4.78, 5) is 52.8. The topological polar surface area (TPSA) is 184 Å². The Morgan fingerprint density at radius 3 is 2.71 bits per heavy atom. The number of imidazole rings is 1. The summed E-state index contributed by atoms with van der Waals surface area (Å²) in [6.07, 6.45) is 1.14. The molecule has 0 saturated heterocycles. The molecule has 14 heteroatoms. The fraction of sp³-hybridized carbons (Fsp3) is 0.214. The van der Waals surface area contributed by atoms with Crippen LogP contribution in [0.15, 0.2) is 60.8 Å². The van der Waals surface area contributed by atoms with Crippen LogP contribution in [0.25, 0.3) is 16.9 Å². The molecule has 3 N–H and O–H groups in total. The summed E-state index contributed by atoms with van der Waals surface area (Å²) in [5, 5.41) is 26.5. The lowest BCUT2D eigenvalue weighted by atomic mass is 10.0. The first-order chi connectivity index (χ1) is 20.2. The molecule has 0 fully saturated rings. The molecule has 0 bridgehead atoms. The van der Waals surface area contributed by atoms with Crippen molar-refractivity contribution in [1.29, 1.82) is 0 Å². The molecule has 1 aliphatic heterocycles. The van der Waals surface area contributed by atoms with Crippen molar-refractivity contribution >= 4 is 35.0 Å². The molecule has 14 nitrogen and oxygen atoms in total. The van der Waals surface area contributed by atoms with E-state index >= 15 is 0 Å². The third kappa shape index (κ3) is 5.77. The predicted molar refractivity (Wildman–Crippen MR) is 147 cm³/mol. The van der Waals surface area contributed by atoms with Gasteiger partial charge in [0.05, 0.1) is 29.6 Å². The highest BCUT2D eigenvalue weighted by molar-refractivity contribution is 6.01. The van der Waals surface area contributed by atoms with Crippen LogP contribution in [0.4, 0.5) is 11.5 Å². The largest absolute Gasteiger partial charge is 0.481 e. The number of nitrogens with zero attached hydrogens (tertiary/aromatic N) is 3. The molecule has 1 amide bonds. The first-order valence-corrected chi connectivity index (χ1v) is 12.8. The molecule has 2 aromatic heterocycles. The highest BCUT2D eigenvalue weighted by Gasteiger charge is 2.25. The van der Waals surface area contributed by atoms with E-state index in [2.05, 4.69) is 10.6 Å². The Morgan fingerprint density at radius 1 is 1.14 bits per heavy atom. The molecule has 0 saturated carbocycles. The second-order valence-electron chi connectivity index (χ2n) is 9.13. The number of hydrogen-bond donors (Lipinski definition) is 3. The van der Waals surface area contributed by atoms with Crippen LogP contribution in [-0.4, -0.2) is 57.2 Å². The van der Waals surface area contributed by atoms with Gasteiger partial charge in [0.1, 0.15) is 18.1 Å². The summed E-state index contributed by atoms with van der Waals surface area (Å²) in [6, 6.07) is 12.7. The number of amides is 1. The van der Waals surface area contributed by atoms with Crippen LogP contribution in [0.1, 0.15) is 35.3 Å². The van der Waals surface area contributed by atoms with Crippen molar-refractivity contribution in [2.45, 2.75) is 19.4 Å². The Labute approximate surface area is 238 Å². The molecule has 0 aliphatic carbocycles. The number of carboxylic acids is 1. The van der Waals surface area contributed by atoms with Crippen molar-refractivity contribution < 1.29 is 38.6 Å². The number of pyridine rings is 1. The number of carbonyl (C=O) groups excluding carboxylic acids is 2. The number of benzene rings is 2. The number of carbonyl (C=O) groups is 3. The van der Waals surface area contributed by atoms with E-state index < -0.39 is 35.2 Å². The summed E-state index contributed by atoms with van der Waals surface area (Å²) in [7, 11) is 0. The Hall–Kier alpha value is -5.66. The van der Waals surface area contributed by atoms with Crippen molar-refractivity contribution in [3.63, 3.8) is 0 Å². The number of rotatable bonds is 11. The van der Waals surface area contributed by atoms with Crippen molar-refractivity contribution in [3.05, 3.63) is 82.0 Å². The van der Waals surface area contributed by atoms with Crippen LogP contribution < -0.4 is 20.1 Å². The van der Waals surface area contributed by atoms with Gasteiger partial charge in [-0.15, -0.1) is 0 Å². The quantitative estimate of drug-likeness (QED) is 0.135. The number of nitro benzene ring substituents is 1.